The quantitative estimate of drug-likeness (QED) is 0.666. The summed E-state index contributed by atoms with van der Waals surface area (Å²) in [6.07, 6.45) is 3.34. The van der Waals surface area contributed by atoms with Crippen molar-refractivity contribution in [3.8, 4) is 0 Å². The highest BCUT2D eigenvalue weighted by Crippen LogP contribution is 2.17. The highest BCUT2D eigenvalue weighted by molar-refractivity contribution is 5.84. The van der Waals surface area contributed by atoms with Crippen LogP contribution in [0.2, 0.25) is 0 Å². The molecule has 2 aliphatic heterocycles. The van der Waals surface area contributed by atoms with E-state index in [-0.39, 0.29) is 11.9 Å². The largest absolute Gasteiger partial charge is 0.480 e. The Balaban J connectivity index is 1.89. The molecule has 2 N–H and O–H groups in total. The van der Waals surface area contributed by atoms with E-state index in [9.17, 15) is 9.59 Å². The van der Waals surface area contributed by atoms with Gasteiger partial charge in [0, 0.05) is 13.1 Å². The molecule has 0 bridgehead atoms. The van der Waals surface area contributed by atoms with Gasteiger partial charge in [0.05, 0.1) is 6.04 Å². The van der Waals surface area contributed by atoms with Gasteiger partial charge in [-0.25, -0.2) is 0 Å². The summed E-state index contributed by atoms with van der Waals surface area (Å²) in [5.74, 6) is -0.775. The Bertz CT molecular complexity index is 274. The molecule has 15 heavy (non-hydrogen) atoms. The third-order valence-electron chi connectivity index (χ3n) is 3.16. The summed E-state index contributed by atoms with van der Waals surface area (Å²) in [4.78, 5) is 24.4. The highest BCUT2D eigenvalue weighted by atomic mass is 16.4. The Morgan fingerprint density at radius 3 is 2.27 bits per heavy atom. The van der Waals surface area contributed by atoms with E-state index in [0.717, 1.165) is 25.9 Å². The second-order valence-corrected chi connectivity index (χ2v) is 4.22. The first kappa shape index (κ1) is 10.4. The topological polar surface area (TPSA) is 69.6 Å². The Hall–Kier alpha value is -1.10. The SMILES string of the molecule is O=C(O)[C@H]1CC[C@H](C(=O)N2CCCC2)N1. The zero-order valence-corrected chi connectivity index (χ0v) is 8.61. The molecule has 2 aliphatic rings. The van der Waals surface area contributed by atoms with Crippen LogP contribution in [0.15, 0.2) is 0 Å². The molecule has 2 rings (SSSR count). The third-order valence-corrected chi connectivity index (χ3v) is 3.16. The van der Waals surface area contributed by atoms with Crippen molar-refractivity contribution in [3.63, 3.8) is 0 Å². The van der Waals surface area contributed by atoms with E-state index < -0.39 is 12.0 Å². The molecule has 0 aromatic carbocycles. The zero-order chi connectivity index (χ0) is 10.8. The van der Waals surface area contributed by atoms with E-state index in [1.54, 1.807) is 0 Å². The van der Waals surface area contributed by atoms with Crippen molar-refractivity contribution < 1.29 is 14.7 Å². The number of aliphatic carboxylic acids is 1. The number of amides is 1. The van der Waals surface area contributed by atoms with E-state index >= 15 is 0 Å². The number of carboxylic acids is 1. The summed E-state index contributed by atoms with van der Waals surface area (Å²) in [7, 11) is 0. The molecule has 0 radical (unpaired) electrons. The molecular formula is C10H16N2O3. The number of nitrogens with zero attached hydrogens (tertiary/aromatic N) is 1. The molecule has 0 aromatic rings. The first-order valence-corrected chi connectivity index (χ1v) is 5.46. The Labute approximate surface area is 88.4 Å². The van der Waals surface area contributed by atoms with Gasteiger partial charge in [-0.3, -0.25) is 14.9 Å². The monoisotopic (exact) mass is 212 g/mol. The molecule has 0 saturated carbocycles. The summed E-state index contributed by atoms with van der Waals surface area (Å²) in [5.41, 5.74) is 0. The normalized spacial score (nSPS) is 30.8. The average Bonchev–Trinajstić information content (AvgIpc) is 2.88. The molecule has 84 valence electrons. The lowest BCUT2D eigenvalue weighted by atomic mass is 10.2. The highest BCUT2D eigenvalue weighted by Gasteiger charge is 2.35. The van der Waals surface area contributed by atoms with Gasteiger partial charge in [-0.15, -0.1) is 0 Å². The minimum absolute atomic E-state index is 0.0799. The summed E-state index contributed by atoms with van der Waals surface area (Å²) in [5, 5.41) is 11.7. The minimum Gasteiger partial charge on any atom is -0.480 e. The average molecular weight is 212 g/mol. The van der Waals surface area contributed by atoms with Gasteiger partial charge in [0.1, 0.15) is 6.04 Å². The van der Waals surface area contributed by atoms with Crippen molar-refractivity contribution in [2.24, 2.45) is 0 Å². The van der Waals surface area contributed by atoms with Crippen LogP contribution in [0.3, 0.4) is 0 Å². The standard InChI is InChI=1S/C10H16N2O3/c13-9(12-5-1-2-6-12)7-3-4-8(11-7)10(14)15/h7-8,11H,1-6H2,(H,14,15)/t7-,8-/m1/s1. The van der Waals surface area contributed by atoms with Crippen LogP contribution in [0.5, 0.6) is 0 Å². The fourth-order valence-corrected chi connectivity index (χ4v) is 2.29. The fraction of sp³-hybridized carbons (Fsp3) is 0.800. The summed E-state index contributed by atoms with van der Waals surface area (Å²) in [6.45, 7) is 1.66. The van der Waals surface area contributed by atoms with E-state index in [0.29, 0.717) is 12.8 Å². The maximum atomic E-state index is 11.9. The lowest BCUT2D eigenvalue weighted by molar-refractivity contribution is -0.139. The molecule has 0 aromatic heterocycles. The van der Waals surface area contributed by atoms with Gasteiger partial charge in [-0.2, -0.15) is 0 Å². The van der Waals surface area contributed by atoms with Crippen molar-refractivity contribution in [1.82, 2.24) is 10.2 Å². The van der Waals surface area contributed by atoms with Crippen LogP contribution in [-0.4, -0.2) is 47.1 Å². The van der Waals surface area contributed by atoms with Gasteiger partial charge in [-0.1, -0.05) is 0 Å². The third kappa shape index (κ3) is 2.12. The summed E-state index contributed by atoms with van der Waals surface area (Å²) >= 11 is 0. The van der Waals surface area contributed by atoms with Gasteiger partial charge in [0.25, 0.3) is 0 Å². The second kappa shape index (κ2) is 4.18. The van der Waals surface area contributed by atoms with Gasteiger partial charge in [0.15, 0.2) is 0 Å². The van der Waals surface area contributed by atoms with Crippen molar-refractivity contribution in [3.05, 3.63) is 0 Å². The smallest absolute Gasteiger partial charge is 0.320 e. The number of carbonyl (C=O) groups excluding carboxylic acids is 1. The number of carboxylic acid groups (broad SMARTS) is 1. The first-order valence-electron chi connectivity index (χ1n) is 5.46. The molecule has 2 atom stereocenters. The van der Waals surface area contributed by atoms with E-state index in [1.165, 1.54) is 0 Å². The van der Waals surface area contributed by atoms with Gasteiger partial charge >= 0.3 is 5.97 Å². The Kier molecular flexibility index (Phi) is 2.90. The van der Waals surface area contributed by atoms with Crippen LogP contribution in [0.4, 0.5) is 0 Å². The fourth-order valence-electron chi connectivity index (χ4n) is 2.29. The summed E-state index contributed by atoms with van der Waals surface area (Å²) < 4.78 is 0. The first-order chi connectivity index (χ1) is 7.18. The van der Waals surface area contributed by atoms with Crippen molar-refractivity contribution in [2.45, 2.75) is 37.8 Å². The lowest BCUT2D eigenvalue weighted by Crippen LogP contribution is -2.45. The van der Waals surface area contributed by atoms with Crippen LogP contribution in [0, 0.1) is 0 Å². The molecule has 1 amide bonds. The van der Waals surface area contributed by atoms with Crippen molar-refractivity contribution in [2.75, 3.05) is 13.1 Å². The van der Waals surface area contributed by atoms with Crippen molar-refractivity contribution in [1.29, 1.82) is 0 Å². The molecule has 0 spiro atoms. The number of nitrogens with one attached hydrogen (secondary N) is 1. The van der Waals surface area contributed by atoms with E-state index in [1.807, 2.05) is 4.90 Å². The zero-order valence-electron chi connectivity index (χ0n) is 8.61. The minimum atomic E-state index is -0.855. The van der Waals surface area contributed by atoms with Crippen LogP contribution >= 0.6 is 0 Å². The molecular weight excluding hydrogens is 196 g/mol. The second-order valence-electron chi connectivity index (χ2n) is 4.22. The van der Waals surface area contributed by atoms with Gasteiger partial charge < -0.3 is 10.0 Å². The summed E-state index contributed by atoms with van der Waals surface area (Å²) in [6, 6.07) is -0.814. The Morgan fingerprint density at radius 2 is 1.73 bits per heavy atom. The van der Waals surface area contributed by atoms with E-state index in [2.05, 4.69) is 5.32 Å². The number of hydrogen-bond donors (Lipinski definition) is 2. The molecule has 0 unspecified atom stereocenters. The number of hydrogen-bond acceptors (Lipinski definition) is 3. The van der Waals surface area contributed by atoms with E-state index in [4.69, 9.17) is 5.11 Å². The number of rotatable bonds is 2. The van der Waals surface area contributed by atoms with Gasteiger partial charge in [0.2, 0.25) is 5.91 Å². The Morgan fingerprint density at radius 1 is 1.13 bits per heavy atom. The molecule has 5 heteroatoms. The molecule has 2 fully saturated rings. The molecule has 0 aliphatic carbocycles. The maximum Gasteiger partial charge on any atom is 0.320 e. The number of likely N-dealkylation sites (tertiary alicyclic amines) is 1. The van der Waals surface area contributed by atoms with Gasteiger partial charge in [-0.05, 0) is 25.7 Å². The molecule has 2 saturated heterocycles. The molecule has 2 heterocycles. The predicted molar refractivity (Wildman–Crippen MR) is 53.4 cm³/mol. The predicted octanol–water partition coefficient (Wildman–Crippen LogP) is -0.186. The maximum absolute atomic E-state index is 11.9. The molecule has 5 nitrogen and oxygen atoms in total. The van der Waals surface area contributed by atoms with Crippen molar-refractivity contribution >= 4 is 11.9 Å². The van der Waals surface area contributed by atoms with Crippen LogP contribution in [0.25, 0.3) is 0 Å². The van der Waals surface area contributed by atoms with Crippen LogP contribution in [0.1, 0.15) is 25.7 Å². The van der Waals surface area contributed by atoms with Crippen LogP contribution in [-0.2, 0) is 9.59 Å². The number of carbonyl (C=O) groups is 2. The van der Waals surface area contributed by atoms with Crippen LogP contribution < -0.4 is 5.32 Å². The lowest BCUT2D eigenvalue weighted by Gasteiger charge is -2.20.